The first kappa shape index (κ1) is 9.53. The maximum absolute atomic E-state index is 10.00. The molecule has 0 fully saturated rings. The van der Waals surface area contributed by atoms with Crippen molar-refractivity contribution in [3.63, 3.8) is 0 Å². The van der Waals surface area contributed by atoms with Gasteiger partial charge >= 0.3 is 0 Å². The van der Waals surface area contributed by atoms with E-state index in [1.54, 1.807) is 6.26 Å². The molecule has 14 heavy (non-hydrogen) atoms. The summed E-state index contributed by atoms with van der Waals surface area (Å²) in [4.78, 5) is 0. The molecule has 0 saturated heterocycles. The molecule has 76 valence electrons. The lowest BCUT2D eigenvalue weighted by atomic mass is 10.0. The number of furan rings is 1. The molecule has 0 radical (unpaired) electrons. The third kappa shape index (κ3) is 2.07. The van der Waals surface area contributed by atoms with Crippen molar-refractivity contribution in [2.45, 2.75) is 38.2 Å². The zero-order valence-corrected chi connectivity index (χ0v) is 8.28. The number of allylic oxidation sites excluding steroid dienone is 1. The van der Waals surface area contributed by atoms with Crippen molar-refractivity contribution in [2.24, 2.45) is 0 Å². The van der Waals surface area contributed by atoms with Gasteiger partial charge in [0.2, 0.25) is 0 Å². The Morgan fingerprint density at radius 3 is 3.00 bits per heavy atom. The van der Waals surface area contributed by atoms with Gasteiger partial charge in [-0.05, 0) is 43.4 Å². The Balaban J connectivity index is 2.10. The Hall–Kier alpha value is -1.02. The molecule has 0 bridgehead atoms. The lowest BCUT2D eigenvalue weighted by molar-refractivity contribution is 0.180. The van der Waals surface area contributed by atoms with Crippen molar-refractivity contribution >= 4 is 0 Å². The maximum atomic E-state index is 10.00. The Labute approximate surface area is 84.2 Å². The second-order valence-electron chi connectivity index (χ2n) is 3.80. The number of hydrogen-bond acceptors (Lipinski definition) is 2. The molecule has 0 saturated carbocycles. The molecule has 1 atom stereocenters. The van der Waals surface area contributed by atoms with Crippen LogP contribution >= 0.6 is 0 Å². The van der Waals surface area contributed by atoms with Gasteiger partial charge in [0, 0.05) is 0 Å². The van der Waals surface area contributed by atoms with E-state index in [0.717, 1.165) is 18.4 Å². The van der Waals surface area contributed by atoms with Crippen LogP contribution in [-0.4, -0.2) is 5.11 Å². The van der Waals surface area contributed by atoms with E-state index in [1.807, 2.05) is 12.1 Å². The first-order chi connectivity index (χ1) is 6.88. The lowest BCUT2D eigenvalue weighted by Crippen LogP contribution is -1.99. The van der Waals surface area contributed by atoms with Gasteiger partial charge in [-0.2, -0.15) is 0 Å². The van der Waals surface area contributed by atoms with Crippen molar-refractivity contribution < 1.29 is 9.52 Å². The van der Waals surface area contributed by atoms with Gasteiger partial charge in [0.15, 0.2) is 0 Å². The van der Waals surface area contributed by atoms with Crippen LogP contribution < -0.4 is 0 Å². The number of aliphatic hydroxyl groups is 1. The van der Waals surface area contributed by atoms with Crippen LogP contribution in [0, 0.1) is 0 Å². The molecule has 1 aromatic rings. The lowest BCUT2D eigenvalue weighted by Gasteiger charge is -2.11. The first-order valence-corrected chi connectivity index (χ1v) is 5.28. The van der Waals surface area contributed by atoms with E-state index < -0.39 is 6.10 Å². The SMILES string of the molecule is OC(C1=CCCCCC1)c1ccco1. The minimum Gasteiger partial charge on any atom is -0.466 e. The van der Waals surface area contributed by atoms with E-state index in [1.165, 1.54) is 19.3 Å². The van der Waals surface area contributed by atoms with E-state index in [0.29, 0.717) is 5.76 Å². The minimum absolute atomic E-state index is 0.525. The summed E-state index contributed by atoms with van der Waals surface area (Å²) < 4.78 is 5.20. The Bertz CT molecular complexity index is 298. The highest BCUT2D eigenvalue weighted by Crippen LogP contribution is 2.28. The molecule has 0 aliphatic heterocycles. The fourth-order valence-corrected chi connectivity index (χ4v) is 1.92. The number of rotatable bonds is 2. The van der Waals surface area contributed by atoms with Crippen LogP contribution in [-0.2, 0) is 0 Å². The van der Waals surface area contributed by atoms with Gasteiger partial charge in [0.05, 0.1) is 6.26 Å². The summed E-state index contributed by atoms with van der Waals surface area (Å²) in [5, 5.41) is 10.00. The average molecular weight is 192 g/mol. The number of hydrogen-bond donors (Lipinski definition) is 1. The monoisotopic (exact) mass is 192 g/mol. The molecule has 0 aromatic carbocycles. The summed E-state index contributed by atoms with van der Waals surface area (Å²) in [6.07, 6.45) is 9.04. The normalized spacial score (nSPS) is 19.9. The second kappa shape index (κ2) is 4.47. The van der Waals surface area contributed by atoms with Crippen LogP contribution in [0.15, 0.2) is 34.5 Å². The van der Waals surface area contributed by atoms with Crippen molar-refractivity contribution in [3.05, 3.63) is 35.8 Å². The molecule has 1 aromatic heterocycles. The van der Waals surface area contributed by atoms with Crippen molar-refractivity contribution in [2.75, 3.05) is 0 Å². The summed E-state index contributed by atoms with van der Waals surface area (Å²) in [6, 6.07) is 3.65. The van der Waals surface area contributed by atoms with Crippen molar-refractivity contribution in [1.29, 1.82) is 0 Å². The third-order valence-electron chi connectivity index (χ3n) is 2.74. The van der Waals surface area contributed by atoms with Gasteiger partial charge in [-0.1, -0.05) is 12.5 Å². The van der Waals surface area contributed by atoms with E-state index in [4.69, 9.17) is 4.42 Å². The summed E-state index contributed by atoms with van der Waals surface area (Å²) >= 11 is 0. The summed E-state index contributed by atoms with van der Waals surface area (Å²) in [6.45, 7) is 0. The van der Waals surface area contributed by atoms with Gasteiger partial charge < -0.3 is 9.52 Å². The summed E-state index contributed by atoms with van der Waals surface area (Å²) in [5.74, 6) is 0.665. The molecule has 2 rings (SSSR count). The van der Waals surface area contributed by atoms with Gasteiger partial charge in [0.25, 0.3) is 0 Å². The van der Waals surface area contributed by atoms with Crippen LogP contribution in [0.25, 0.3) is 0 Å². The topological polar surface area (TPSA) is 33.4 Å². The summed E-state index contributed by atoms with van der Waals surface area (Å²) in [7, 11) is 0. The average Bonchev–Trinajstić information content (AvgIpc) is 2.59. The van der Waals surface area contributed by atoms with Gasteiger partial charge in [-0.3, -0.25) is 0 Å². The van der Waals surface area contributed by atoms with Crippen molar-refractivity contribution in [1.82, 2.24) is 0 Å². The van der Waals surface area contributed by atoms with Gasteiger partial charge in [-0.25, -0.2) is 0 Å². The Morgan fingerprint density at radius 2 is 2.21 bits per heavy atom. The molecule has 2 heteroatoms. The van der Waals surface area contributed by atoms with E-state index >= 15 is 0 Å². The van der Waals surface area contributed by atoms with Gasteiger partial charge in [-0.15, -0.1) is 0 Å². The zero-order valence-electron chi connectivity index (χ0n) is 8.28. The van der Waals surface area contributed by atoms with E-state index in [2.05, 4.69) is 6.08 Å². The molecule has 0 spiro atoms. The highest BCUT2D eigenvalue weighted by atomic mass is 16.4. The molecule has 1 unspecified atom stereocenters. The number of aliphatic hydroxyl groups excluding tert-OH is 1. The highest BCUT2D eigenvalue weighted by Gasteiger charge is 2.16. The predicted octanol–water partition coefficient (Wildman–Crippen LogP) is 3.20. The van der Waals surface area contributed by atoms with Crippen LogP contribution in [0.3, 0.4) is 0 Å². The fraction of sp³-hybridized carbons (Fsp3) is 0.500. The first-order valence-electron chi connectivity index (χ1n) is 5.28. The fourth-order valence-electron chi connectivity index (χ4n) is 1.92. The van der Waals surface area contributed by atoms with Crippen molar-refractivity contribution in [3.8, 4) is 0 Å². The smallest absolute Gasteiger partial charge is 0.136 e. The van der Waals surface area contributed by atoms with E-state index in [9.17, 15) is 5.11 Å². The molecular formula is C12H16O2. The molecule has 1 aliphatic carbocycles. The van der Waals surface area contributed by atoms with Crippen LogP contribution in [0.1, 0.15) is 44.0 Å². The molecule has 2 nitrogen and oxygen atoms in total. The largest absolute Gasteiger partial charge is 0.466 e. The Kier molecular flexibility index (Phi) is 3.04. The highest BCUT2D eigenvalue weighted by molar-refractivity contribution is 5.18. The van der Waals surface area contributed by atoms with Crippen LogP contribution in [0.2, 0.25) is 0 Å². The zero-order chi connectivity index (χ0) is 9.80. The minimum atomic E-state index is -0.525. The predicted molar refractivity (Wildman–Crippen MR) is 54.8 cm³/mol. The van der Waals surface area contributed by atoms with Crippen LogP contribution in [0.5, 0.6) is 0 Å². The molecular weight excluding hydrogens is 176 g/mol. The molecule has 1 aliphatic rings. The quantitative estimate of drug-likeness (QED) is 0.730. The third-order valence-corrected chi connectivity index (χ3v) is 2.74. The Morgan fingerprint density at radius 1 is 1.29 bits per heavy atom. The maximum Gasteiger partial charge on any atom is 0.136 e. The second-order valence-corrected chi connectivity index (χ2v) is 3.80. The standard InChI is InChI=1S/C12H16O2/c13-12(11-8-5-9-14-11)10-6-3-1-2-4-7-10/h5-6,8-9,12-13H,1-4,7H2. The molecule has 1 N–H and O–H groups in total. The van der Waals surface area contributed by atoms with Crippen LogP contribution in [0.4, 0.5) is 0 Å². The van der Waals surface area contributed by atoms with Gasteiger partial charge in [0.1, 0.15) is 11.9 Å². The molecule has 0 amide bonds. The van der Waals surface area contributed by atoms with E-state index in [-0.39, 0.29) is 0 Å². The summed E-state index contributed by atoms with van der Waals surface area (Å²) in [5.41, 5.74) is 1.12. The molecule has 1 heterocycles.